The zero-order valence-corrected chi connectivity index (χ0v) is 18.7. The number of carbonyl (C=O) groups is 1. The molecule has 0 radical (unpaired) electrons. The molecule has 2 aromatic carbocycles. The number of nitrogens with zero attached hydrogens (tertiary/aromatic N) is 1. The molecule has 6 nitrogen and oxygen atoms in total. The van der Waals surface area contributed by atoms with Crippen LogP contribution in [0.4, 0.5) is 0 Å². The Morgan fingerprint density at radius 3 is 2.50 bits per heavy atom. The third-order valence-electron chi connectivity index (χ3n) is 3.01. The van der Waals surface area contributed by atoms with E-state index < -0.39 is 5.91 Å². The second kappa shape index (κ2) is 9.59. The lowest BCUT2D eigenvalue weighted by atomic mass is 10.2. The summed E-state index contributed by atoms with van der Waals surface area (Å²) in [5.41, 5.74) is 2.66. The van der Waals surface area contributed by atoms with E-state index in [9.17, 15) is 9.90 Å². The lowest BCUT2D eigenvalue weighted by molar-refractivity contribution is -0.123. The predicted molar refractivity (Wildman–Crippen MR) is 110 cm³/mol. The Hall–Kier alpha value is -1.29. The van der Waals surface area contributed by atoms with Gasteiger partial charge in [0.25, 0.3) is 5.91 Å². The number of halogens is 4. The lowest BCUT2D eigenvalue weighted by Gasteiger charge is -2.11. The minimum atomic E-state index is -0.476. The zero-order chi connectivity index (χ0) is 19.3. The Labute approximate surface area is 179 Å². The van der Waals surface area contributed by atoms with E-state index >= 15 is 0 Å². The Balaban J connectivity index is 1.96. The van der Waals surface area contributed by atoms with Crippen LogP contribution in [0.25, 0.3) is 0 Å². The molecule has 0 aliphatic rings. The largest absolute Gasteiger partial charge is 0.506 e. The second-order valence-electron chi connectivity index (χ2n) is 4.83. The van der Waals surface area contributed by atoms with Gasteiger partial charge in [-0.3, -0.25) is 4.79 Å². The Morgan fingerprint density at radius 2 is 1.88 bits per heavy atom. The van der Waals surface area contributed by atoms with Gasteiger partial charge in [-0.2, -0.15) is 5.10 Å². The first-order valence-electron chi connectivity index (χ1n) is 6.97. The van der Waals surface area contributed by atoms with E-state index in [2.05, 4.69) is 58.3 Å². The zero-order valence-electron chi connectivity index (χ0n) is 13.2. The molecule has 0 unspecified atom stereocenters. The summed E-state index contributed by atoms with van der Waals surface area (Å²) in [6.45, 7) is -0.258. The average molecular weight is 571 g/mol. The number of methoxy groups -OCH3 is 1. The molecule has 26 heavy (non-hydrogen) atoms. The van der Waals surface area contributed by atoms with Gasteiger partial charge in [-0.25, -0.2) is 5.43 Å². The molecule has 1 amide bonds. The molecule has 0 saturated heterocycles. The van der Waals surface area contributed by atoms with Gasteiger partial charge in [-0.1, -0.05) is 11.6 Å². The summed E-state index contributed by atoms with van der Waals surface area (Å²) >= 11 is 15.8. The van der Waals surface area contributed by atoms with Crippen molar-refractivity contribution in [2.45, 2.75) is 0 Å². The molecule has 0 atom stereocenters. The monoisotopic (exact) mass is 568 g/mol. The lowest BCUT2D eigenvalue weighted by Crippen LogP contribution is -2.24. The fraction of sp³-hybridized carbons (Fsp3) is 0.125. The number of rotatable bonds is 6. The number of phenolic OH excluding ortho intramolecular Hbond substituents is 1. The Kier molecular flexibility index (Phi) is 7.75. The summed E-state index contributed by atoms with van der Waals surface area (Å²) in [5, 5.41) is 14.1. The molecule has 0 heterocycles. The molecule has 0 aliphatic heterocycles. The minimum Gasteiger partial charge on any atom is -0.506 e. The first-order valence-corrected chi connectivity index (χ1v) is 9.73. The highest BCUT2D eigenvalue weighted by molar-refractivity contribution is 9.11. The van der Waals surface area contributed by atoms with Crippen molar-refractivity contribution in [3.05, 3.63) is 48.3 Å². The Bertz CT molecular complexity index is 839. The van der Waals surface area contributed by atoms with E-state index in [1.807, 2.05) is 0 Å². The number of aromatic hydroxyl groups is 1. The summed E-state index contributed by atoms with van der Waals surface area (Å²) in [4.78, 5) is 11.9. The van der Waals surface area contributed by atoms with Gasteiger partial charge in [0.2, 0.25) is 0 Å². The Morgan fingerprint density at radius 1 is 1.23 bits per heavy atom. The summed E-state index contributed by atoms with van der Waals surface area (Å²) in [5.74, 6) is 0.588. The quantitative estimate of drug-likeness (QED) is 0.383. The van der Waals surface area contributed by atoms with Gasteiger partial charge in [-0.05, 0) is 72.1 Å². The summed E-state index contributed by atoms with van der Waals surface area (Å²) in [6.07, 6.45) is 1.28. The van der Waals surface area contributed by atoms with Crippen LogP contribution in [0, 0.1) is 0 Å². The molecule has 138 valence electrons. The number of amides is 1. The van der Waals surface area contributed by atoms with Crippen molar-refractivity contribution < 1.29 is 19.4 Å². The van der Waals surface area contributed by atoms with Crippen molar-refractivity contribution in [3.63, 3.8) is 0 Å². The highest BCUT2D eigenvalue weighted by Crippen LogP contribution is 2.37. The van der Waals surface area contributed by atoms with Crippen LogP contribution in [0.2, 0.25) is 5.02 Å². The molecule has 0 saturated carbocycles. The number of nitrogens with one attached hydrogen (secondary N) is 1. The summed E-state index contributed by atoms with van der Waals surface area (Å²) < 4.78 is 12.3. The van der Waals surface area contributed by atoms with Crippen molar-refractivity contribution in [2.75, 3.05) is 13.7 Å². The first kappa shape index (κ1) is 21.0. The maximum atomic E-state index is 11.9. The summed E-state index contributed by atoms with van der Waals surface area (Å²) in [6, 6.07) is 6.50. The van der Waals surface area contributed by atoms with Gasteiger partial charge in [-0.15, -0.1) is 0 Å². The molecule has 0 bridgehead atoms. The van der Waals surface area contributed by atoms with Crippen molar-refractivity contribution >= 4 is 71.5 Å². The molecule has 2 rings (SSSR count). The van der Waals surface area contributed by atoms with Crippen LogP contribution < -0.4 is 14.9 Å². The topological polar surface area (TPSA) is 80.2 Å². The number of phenols is 1. The smallest absolute Gasteiger partial charge is 0.277 e. The molecular weight excluding hydrogens is 559 g/mol. The van der Waals surface area contributed by atoms with Gasteiger partial charge < -0.3 is 14.6 Å². The van der Waals surface area contributed by atoms with Gasteiger partial charge >= 0.3 is 0 Å². The molecule has 2 aromatic rings. The summed E-state index contributed by atoms with van der Waals surface area (Å²) in [7, 11) is 1.55. The number of hydrogen-bond acceptors (Lipinski definition) is 5. The molecule has 0 fully saturated rings. The molecule has 10 heteroatoms. The fourth-order valence-corrected chi connectivity index (χ4v) is 4.03. The predicted octanol–water partition coefficient (Wildman–Crippen LogP) is 4.87. The number of benzene rings is 2. The maximum Gasteiger partial charge on any atom is 0.277 e. The van der Waals surface area contributed by atoms with Crippen LogP contribution in [0.15, 0.2) is 42.8 Å². The number of hydrogen-bond donors (Lipinski definition) is 2. The molecule has 0 aromatic heterocycles. The van der Waals surface area contributed by atoms with Crippen molar-refractivity contribution in [1.82, 2.24) is 5.43 Å². The van der Waals surface area contributed by atoms with Crippen LogP contribution in [0.3, 0.4) is 0 Å². The van der Waals surface area contributed by atoms with Crippen LogP contribution in [0.5, 0.6) is 17.2 Å². The van der Waals surface area contributed by atoms with Crippen molar-refractivity contribution in [3.8, 4) is 17.2 Å². The third kappa shape index (κ3) is 5.60. The van der Waals surface area contributed by atoms with Gasteiger partial charge in [0.15, 0.2) is 6.61 Å². The van der Waals surface area contributed by atoms with E-state index in [4.69, 9.17) is 21.1 Å². The van der Waals surface area contributed by atoms with Gasteiger partial charge in [0.05, 0.1) is 26.7 Å². The van der Waals surface area contributed by atoms with E-state index in [1.54, 1.807) is 25.3 Å². The van der Waals surface area contributed by atoms with Crippen LogP contribution >= 0.6 is 59.4 Å². The molecule has 2 N–H and O–H groups in total. The minimum absolute atomic E-state index is 0.0326. The highest BCUT2D eigenvalue weighted by atomic mass is 79.9. The van der Waals surface area contributed by atoms with Gasteiger partial charge in [0, 0.05) is 10.6 Å². The normalized spacial score (nSPS) is 10.8. The van der Waals surface area contributed by atoms with Crippen molar-refractivity contribution in [1.29, 1.82) is 0 Å². The fourth-order valence-electron chi connectivity index (χ4n) is 1.82. The van der Waals surface area contributed by atoms with E-state index in [0.717, 1.165) is 0 Å². The molecule has 0 spiro atoms. The van der Waals surface area contributed by atoms with Gasteiger partial charge in [0.1, 0.15) is 17.2 Å². The molecule has 0 aliphatic carbocycles. The number of hydrazone groups is 1. The molecular formula is C16H12Br3ClN2O4. The standard InChI is InChI=1S/C16H12Br3ClN2O4/c1-25-10-4-12(18)16(13(19)5-10)26-7-14(23)22-21-6-8-2-9(20)3-11(17)15(8)24/h2-6,24H,7H2,1H3,(H,22,23)/b21-6-. The van der Waals surface area contributed by atoms with E-state index in [-0.39, 0.29) is 12.4 Å². The number of carbonyl (C=O) groups excluding carboxylic acids is 1. The highest BCUT2D eigenvalue weighted by Gasteiger charge is 2.11. The average Bonchev–Trinajstić information content (AvgIpc) is 2.58. The van der Waals surface area contributed by atoms with Crippen LogP contribution in [-0.4, -0.2) is 30.9 Å². The maximum absolute atomic E-state index is 11.9. The van der Waals surface area contributed by atoms with E-state index in [1.165, 1.54) is 12.3 Å². The van der Waals surface area contributed by atoms with Crippen molar-refractivity contribution in [2.24, 2.45) is 5.10 Å². The second-order valence-corrected chi connectivity index (χ2v) is 7.83. The first-order chi connectivity index (χ1) is 12.3. The SMILES string of the molecule is COc1cc(Br)c(OCC(=O)N/N=C\c2cc(Cl)cc(Br)c2O)c(Br)c1. The van der Waals surface area contributed by atoms with Crippen LogP contribution in [0.1, 0.15) is 5.56 Å². The van der Waals surface area contributed by atoms with E-state index in [0.29, 0.717) is 35.5 Å². The van der Waals surface area contributed by atoms with Crippen LogP contribution in [-0.2, 0) is 4.79 Å². The number of ether oxygens (including phenoxy) is 2. The third-order valence-corrected chi connectivity index (χ3v) is 5.01.